The van der Waals surface area contributed by atoms with Crippen LogP contribution in [0, 0.1) is 0 Å². The average Bonchev–Trinajstić information content (AvgIpc) is 2.66. The Bertz CT molecular complexity index is 847. The fourth-order valence-electron chi connectivity index (χ4n) is 3.61. The van der Waals surface area contributed by atoms with Gasteiger partial charge in [0.15, 0.2) is 11.5 Å². The average molecular weight is 379 g/mol. The third-order valence-corrected chi connectivity index (χ3v) is 9.89. The summed E-state index contributed by atoms with van der Waals surface area (Å²) in [7, 11) is -2.61. The maximum absolute atomic E-state index is 9.83. The Morgan fingerprint density at radius 3 is 1.70 bits per heavy atom. The van der Waals surface area contributed by atoms with E-state index in [-0.39, 0.29) is 16.5 Å². The van der Waals surface area contributed by atoms with Crippen molar-refractivity contribution < 1.29 is 14.6 Å². The lowest BCUT2D eigenvalue weighted by atomic mass is 10.2. The van der Waals surface area contributed by atoms with Crippen LogP contribution in [0.15, 0.2) is 78.9 Å². The van der Waals surface area contributed by atoms with Crippen molar-refractivity contribution in [1.82, 2.24) is 0 Å². The van der Waals surface area contributed by atoms with Crippen LogP contribution < -0.4 is 10.4 Å². The molecule has 140 valence electrons. The fourth-order valence-corrected chi connectivity index (χ4v) is 8.15. The van der Waals surface area contributed by atoms with Crippen molar-refractivity contribution in [2.75, 3.05) is 0 Å². The normalized spacial score (nSPS) is 12.1. The molecule has 0 aliphatic carbocycles. The van der Waals surface area contributed by atoms with Crippen LogP contribution in [0.25, 0.3) is 0 Å². The molecule has 0 atom stereocenters. The molecule has 0 spiro atoms. The molecule has 3 aromatic carbocycles. The van der Waals surface area contributed by atoms with Gasteiger partial charge in [0.1, 0.15) is 0 Å². The smallest absolute Gasteiger partial charge is 0.261 e. The molecule has 3 rings (SSSR count). The summed E-state index contributed by atoms with van der Waals surface area (Å²) in [5.41, 5.74) is 0.832. The van der Waals surface area contributed by atoms with Crippen molar-refractivity contribution in [2.45, 2.75) is 32.4 Å². The Balaban J connectivity index is 2.10. The molecule has 0 saturated carbocycles. The Kier molecular flexibility index (Phi) is 5.40. The second kappa shape index (κ2) is 7.59. The topological polar surface area (TPSA) is 49.7 Å². The highest BCUT2D eigenvalue weighted by Gasteiger charge is 2.50. The summed E-state index contributed by atoms with van der Waals surface area (Å²) < 4.78 is 6.79. The maximum atomic E-state index is 9.83. The lowest BCUT2D eigenvalue weighted by Crippen LogP contribution is -2.66. The van der Waals surface area contributed by atoms with Crippen LogP contribution in [0.5, 0.6) is 11.5 Å². The van der Waals surface area contributed by atoms with Crippen molar-refractivity contribution >= 4 is 18.7 Å². The first-order valence-electron chi connectivity index (χ1n) is 9.10. The molecule has 0 fully saturated rings. The minimum absolute atomic E-state index is 0.103. The quantitative estimate of drug-likeness (QED) is 0.517. The van der Waals surface area contributed by atoms with Crippen LogP contribution >= 0.6 is 0 Å². The number of phenolic OH excluding ortho intramolecular Hbond substituents is 2. The summed E-state index contributed by atoms with van der Waals surface area (Å²) in [5, 5.41) is 21.7. The molecule has 0 amide bonds. The Labute approximate surface area is 162 Å². The van der Waals surface area contributed by atoms with E-state index < -0.39 is 8.32 Å². The molecule has 27 heavy (non-hydrogen) atoms. The lowest BCUT2D eigenvalue weighted by molar-refractivity contribution is 0.285. The molecule has 2 N–H and O–H groups in total. The van der Waals surface area contributed by atoms with Gasteiger partial charge in [0, 0.05) is 0 Å². The van der Waals surface area contributed by atoms with E-state index >= 15 is 0 Å². The van der Waals surface area contributed by atoms with Gasteiger partial charge >= 0.3 is 0 Å². The minimum Gasteiger partial charge on any atom is -0.504 e. The highest BCUT2D eigenvalue weighted by molar-refractivity contribution is 6.99. The van der Waals surface area contributed by atoms with Crippen molar-refractivity contribution in [3.05, 3.63) is 84.4 Å². The number of benzene rings is 3. The molecule has 3 nitrogen and oxygen atoms in total. The SMILES string of the molecule is CC(C)(C)[Si](OCc1ccc(O)c(O)c1)(c1ccccc1)c1ccccc1. The highest BCUT2D eigenvalue weighted by Crippen LogP contribution is 2.37. The van der Waals surface area contributed by atoms with Gasteiger partial charge in [-0.25, -0.2) is 0 Å². The summed E-state index contributed by atoms with van der Waals surface area (Å²) in [4.78, 5) is 0. The number of hydrogen-bond acceptors (Lipinski definition) is 3. The zero-order valence-electron chi connectivity index (χ0n) is 16.0. The second-order valence-electron chi connectivity index (χ2n) is 7.77. The predicted octanol–water partition coefficient (Wildman–Crippen LogP) is 4.17. The van der Waals surface area contributed by atoms with E-state index in [0.29, 0.717) is 6.61 Å². The first-order chi connectivity index (χ1) is 12.8. The van der Waals surface area contributed by atoms with Gasteiger partial charge in [-0.3, -0.25) is 0 Å². The van der Waals surface area contributed by atoms with Gasteiger partial charge in [-0.15, -0.1) is 0 Å². The first-order valence-corrected chi connectivity index (χ1v) is 11.0. The Hall–Kier alpha value is -2.56. The third-order valence-electron chi connectivity index (χ3n) is 4.91. The molecule has 4 heteroatoms. The summed E-state index contributed by atoms with van der Waals surface area (Å²) in [6.45, 7) is 7.05. The van der Waals surface area contributed by atoms with Crippen LogP contribution in [0.2, 0.25) is 5.04 Å². The van der Waals surface area contributed by atoms with Gasteiger partial charge < -0.3 is 14.6 Å². The molecule has 0 unspecified atom stereocenters. The number of rotatable bonds is 5. The molecule has 0 aliphatic heterocycles. The van der Waals surface area contributed by atoms with Crippen molar-refractivity contribution in [3.63, 3.8) is 0 Å². The van der Waals surface area contributed by atoms with Crippen molar-refractivity contribution in [2.24, 2.45) is 0 Å². The minimum atomic E-state index is -2.61. The van der Waals surface area contributed by atoms with E-state index in [0.717, 1.165) is 5.56 Å². The molecule has 0 bridgehead atoms. The van der Waals surface area contributed by atoms with E-state index in [1.807, 2.05) is 12.1 Å². The van der Waals surface area contributed by atoms with Crippen LogP contribution in [0.3, 0.4) is 0 Å². The molecule has 0 heterocycles. The van der Waals surface area contributed by atoms with E-state index in [1.54, 1.807) is 12.1 Å². The van der Waals surface area contributed by atoms with Gasteiger partial charge in [-0.1, -0.05) is 87.5 Å². The zero-order valence-corrected chi connectivity index (χ0v) is 17.0. The number of aromatic hydroxyl groups is 2. The van der Waals surface area contributed by atoms with Crippen molar-refractivity contribution in [1.29, 1.82) is 0 Å². The Morgan fingerprint density at radius 2 is 1.26 bits per heavy atom. The van der Waals surface area contributed by atoms with Crippen LogP contribution in [0.4, 0.5) is 0 Å². The lowest BCUT2D eigenvalue weighted by Gasteiger charge is -2.43. The monoisotopic (exact) mass is 378 g/mol. The number of phenols is 2. The van der Waals surface area contributed by atoms with Gasteiger partial charge in [0.05, 0.1) is 6.61 Å². The summed E-state index contributed by atoms with van der Waals surface area (Å²) in [6.07, 6.45) is 0. The molecule has 0 radical (unpaired) electrons. The molecule has 0 aromatic heterocycles. The van der Waals surface area contributed by atoms with Gasteiger partial charge in [-0.05, 0) is 33.1 Å². The largest absolute Gasteiger partial charge is 0.504 e. The van der Waals surface area contributed by atoms with Crippen LogP contribution in [-0.2, 0) is 11.0 Å². The molecule has 3 aromatic rings. The van der Waals surface area contributed by atoms with Crippen molar-refractivity contribution in [3.8, 4) is 11.5 Å². The molecule has 0 aliphatic rings. The second-order valence-corrected chi connectivity index (χ2v) is 12.1. The van der Waals surface area contributed by atoms with E-state index in [9.17, 15) is 10.2 Å². The van der Waals surface area contributed by atoms with E-state index in [2.05, 4.69) is 69.3 Å². The third kappa shape index (κ3) is 3.77. The van der Waals surface area contributed by atoms with Gasteiger partial charge in [0.2, 0.25) is 0 Å². The van der Waals surface area contributed by atoms with E-state index in [4.69, 9.17) is 4.43 Å². The fraction of sp³-hybridized carbons (Fsp3) is 0.217. The molecular formula is C23H26O3Si. The zero-order chi connectivity index (χ0) is 19.5. The summed E-state index contributed by atoms with van der Waals surface area (Å²) in [6, 6.07) is 25.7. The molecular weight excluding hydrogens is 352 g/mol. The van der Waals surface area contributed by atoms with Gasteiger partial charge in [0.25, 0.3) is 8.32 Å². The predicted molar refractivity (Wildman–Crippen MR) is 112 cm³/mol. The van der Waals surface area contributed by atoms with Gasteiger partial charge in [-0.2, -0.15) is 0 Å². The van der Waals surface area contributed by atoms with Crippen LogP contribution in [0.1, 0.15) is 26.3 Å². The standard InChI is InChI=1S/C23H26O3Si/c1-23(2,3)27(19-10-6-4-7-11-19,20-12-8-5-9-13-20)26-17-18-14-15-21(24)22(25)16-18/h4-16,24-25H,17H2,1-3H3. The van der Waals surface area contributed by atoms with E-state index in [1.165, 1.54) is 16.4 Å². The Morgan fingerprint density at radius 1 is 0.741 bits per heavy atom. The molecule has 0 saturated heterocycles. The highest BCUT2D eigenvalue weighted by atomic mass is 28.4. The summed E-state index contributed by atoms with van der Waals surface area (Å²) in [5.74, 6) is -0.247. The first kappa shape index (κ1) is 19.2. The maximum Gasteiger partial charge on any atom is 0.261 e. The van der Waals surface area contributed by atoms with Crippen LogP contribution in [-0.4, -0.2) is 18.5 Å². The number of hydrogen-bond donors (Lipinski definition) is 2. The summed E-state index contributed by atoms with van der Waals surface area (Å²) >= 11 is 0.